The van der Waals surface area contributed by atoms with Gasteiger partial charge in [0.15, 0.2) is 0 Å². The number of pyridine rings is 1. The van der Waals surface area contributed by atoms with Crippen LogP contribution < -0.4 is 10.6 Å². The van der Waals surface area contributed by atoms with E-state index in [0.717, 1.165) is 16.9 Å². The highest BCUT2D eigenvalue weighted by Crippen LogP contribution is 2.27. The van der Waals surface area contributed by atoms with Crippen molar-refractivity contribution in [1.82, 2.24) is 4.98 Å². The van der Waals surface area contributed by atoms with Gasteiger partial charge in [-0.1, -0.05) is 18.2 Å². The van der Waals surface area contributed by atoms with Gasteiger partial charge in [0.1, 0.15) is 11.8 Å². The highest BCUT2D eigenvalue weighted by molar-refractivity contribution is 6.32. The van der Waals surface area contributed by atoms with Crippen molar-refractivity contribution in [2.24, 2.45) is 0 Å². The third kappa shape index (κ3) is 3.08. The lowest BCUT2D eigenvalue weighted by molar-refractivity contribution is 1.26. The van der Waals surface area contributed by atoms with E-state index in [1.54, 1.807) is 18.3 Å². The predicted molar refractivity (Wildman–Crippen MR) is 82.6 cm³/mol. The molecule has 0 radical (unpaired) electrons. The molecular weight excluding hydrogens is 272 g/mol. The number of halogens is 1. The number of rotatable bonds is 4. The molecule has 0 fully saturated rings. The average molecular weight is 285 g/mol. The van der Waals surface area contributed by atoms with E-state index in [-0.39, 0.29) is 0 Å². The first-order valence-corrected chi connectivity index (χ1v) is 6.31. The van der Waals surface area contributed by atoms with Gasteiger partial charge in [-0.3, -0.25) is 0 Å². The Morgan fingerprint density at radius 2 is 2.05 bits per heavy atom. The van der Waals surface area contributed by atoms with E-state index < -0.39 is 0 Å². The van der Waals surface area contributed by atoms with Gasteiger partial charge in [-0.15, -0.1) is 0 Å². The molecule has 0 aliphatic rings. The van der Waals surface area contributed by atoms with E-state index in [1.807, 2.05) is 31.3 Å². The maximum absolute atomic E-state index is 8.71. The van der Waals surface area contributed by atoms with Crippen molar-refractivity contribution in [2.75, 3.05) is 17.7 Å². The Kier molecular flexibility index (Phi) is 4.24. The molecule has 2 rings (SSSR count). The zero-order valence-corrected chi connectivity index (χ0v) is 11.7. The van der Waals surface area contributed by atoms with E-state index in [0.29, 0.717) is 16.4 Å². The fourth-order valence-electron chi connectivity index (χ4n) is 1.69. The Balaban J connectivity index is 2.21. The van der Waals surface area contributed by atoms with E-state index in [1.165, 1.54) is 0 Å². The van der Waals surface area contributed by atoms with E-state index in [9.17, 15) is 0 Å². The van der Waals surface area contributed by atoms with Gasteiger partial charge in [-0.25, -0.2) is 4.98 Å². The molecule has 0 amide bonds. The molecule has 2 aromatic rings. The van der Waals surface area contributed by atoms with Crippen LogP contribution in [0.15, 0.2) is 43.1 Å². The molecule has 2 N–H and O–H groups in total. The number of nitrogens with one attached hydrogen (secondary N) is 2. The molecule has 5 heteroatoms. The smallest absolute Gasteiger partial charge is 0.140 e. The number of aromatic nitrogens is 1. The summed E-state index contributed by atoms with van der Waals surface area (Å²) in [4.78, 5) is 3.99. The number of nitriles is 1. The van der Waals surface area contributed by atoms with Crippen molar-refractivity contribution in [1.29, 1.82) is 5.26 Å². The Morgan fingerprint density at radius 1 is 1.30 bits per heavy atom. The molecule has 0 atom stereocenters. The molecule has 0 unspecified atom stereocenters. The summed E-state index contributed by atoms with van der Waals surface area (Å²) >= 11 is 6.17. The number of benzene rings is 1. The van der Waals surface area contributed by atoms with Crippen LogP contribution in [0.3, 0.4) is 0 Å². The first-order chi connectivity index (χ1) is 9.63. The summed E-state index contributed by atoms with van der Waals surface area (Å²) in [6.07, 6.45) is 1.58. The highest BCUT2D eigenvalue weighted by atomic mass is 35.5. The monoisotopic (exact) mass is 284 g/mol. The zero-order chi connectivity index (χ0) is 14.5. The maximum atomic E-state index is 8.71. The lowest BCUT2D eigenvalue weighted by Crippen LogP contribution is -2.00. The molecule has 1 aromatic carbocycles. The van der Waals surface area contributed by atoms with Gasteiger partial charge in [-0.2, -0.15) is 5.26 Å². The van der Waals surface area contributed by atoms with Crippen LogP contribution in [-0.2, 0) is 0 Å². The van der Waals surface area contributed by atoms with Gasteiger partial charge in [0, 0.05) is 24.0 Å². The van der Waals surface area contributed by atoms with Crippen LogP contribution in [0.5, 0.6) is 0 Å². The SMILES string of the molecule is C=C(Nc1ccc(C#N)nc1)c1cc(NC)ccc1Cl. The van der Waals surface area contributed by atoms with Crippen molar-refractivity contribution in [3.8, 4) is 6.07 Å². The molecule has 0 bridgehead atoms. The lowest BCUT2D eigenvalue weighted by atomic mass is 10.1. The summed E-state index contributed by atoms with van der Waals surface area (Å²) in [5.74, 6) is 0. The lowest BCUT2D eigenvalue weighted by Gasteiger charge is -2.12. The van der Waals surface area contributed by atoms with Crippen LogP contribution in [0.4, 0.5) is 11.4 Å². The zero-order valence-electron chi connectivity index (χ0n) is 10.9. The number of nitrogens with zero attached hydrogens (tertiary/aromatic N) is 2. The van der Waals surface area contributed by atoms with Crippen molar-refractivity contribution in [3.63, 3.8) is 0 Å². The molecule has 1 aromatic heterocycles. The number of hydrogen-bond donors (Lipinski definition) is 2. The highest BCUT2D eigenvalue weighted by Gasteiger charge is 2.06. The van der Waals surface area contributed by atoms with Crippen LogP contribution in [0, 0.1) is 11.3 Å². The first kappa shape index (κ1) is 13.9. The van der Waals surface area contributed by atoms with Crippen LogP contribution in [0.1, 0.15) is 11.3 Å². The van der Waals surface area contributed by atoms with Crippen LogP contribution in [0.2, 0.25) is 5.02 Å². The molecule has 0 saturated carbocycles. The summed E-state index contributed by atoms with van der Waals surface area (Å²) in [5.41, 5.74) is 3.54. The van der Waals surface area contributed by atoms with Crippen LogP contribution in [-0.4, -0.2) is 12.0 Å². The summed E-state index contributed by atoms with van der Waals surface area (Å²) in [6.45, 7) is 3.98. The van der Waals surface area contributed by atoms with Crippen molar-refractivity contribution in [3.05, 3.63) is 59.4 Å². The molecule has 20 heavy (non-hydrogen) atoms. The summed E-state index contributed by atoms with van der Waals surface area (Å²) in [5, 5.41) is 15.5. The molecule has 100 valence electrons. The minimum Gasteiger partial charge on any atom is -0.388 e. The first-order valence-electron chi connectivity index (χ1n) is 5.94. The Hall–Kier alpha value is -2.51. The third-order valence-corrected chi connectivity index (χ3v) is 3.08. The molecule has 1 heterocycles. The minimum absolute atomic E-state index is 0.372. The normalized spacial score (nSPS) is 9.65. The van der Waals surface area contributed by atoms with Gasteiger partial charge in [-0.05, 0) is 30.3 Å². The fourth-order valence-corrected chi connectivity index (χ4v) is 1.92. The predicted octanol–water partition coefficient (Wildman–Crippen LogP) is 3.73. The molecule has 0 saturated heterocycles. The maximum Gasteiger partial charge on any atom is 0.140 e. The summed E-state index contributed by atoms with van der Waals surface area (Å²) < 4.78 is 0. The van der Waals surface area contributed by atoms with Crippen molar-refractivity contribution in [2.45, 2.75) is 0 Å². The van der Waals surface area contributed by atoms with Gasteiger partial charge < -0.3 is 10.6 Å². The van der Waals surface area contributed by atoms with Crippen molar-refractivity contribution >= 4 is 28.7 Å². The molecular formula is C15H13ClN4. The Morgan fingerprint density at radius 3 is 2.65 bits per heavy atom. The second-order valence-corrected chi connectivity index (χ2v) is 4.50. The fraction of sp³-hybridized carbons (Fsp3) is 0.0667. The van der Waals surface area contributed by atoms with E-state index in [2.05, 4.69) is 22.2 Å². The minimum atomic E-state index is 0.372. The van der Waals surface area contributed by atoms with Crippen LogP contribution in [0.25, 0.3) is 5.70 Å². The Labute approximate surface area is 122 Å². The van der Waals surface area contributed by atoms with E-state index >= 15 is 0 Å². The van der Waals surface area contributed by atoms with Gasteiger partial charge in [0.25, 0.3) is 0 Å². The number of hydrogen-bond acceptors (Lipinski definition) is 4. The third-order valence-electron chi connectivity index (χ3n) is 2.75. The second kappa shape index (κ2) is 6.09. The van der Waals surface area contributed by atoms with Crippen LogP contribution >= 0.6 is 11.6 Å². The molecule has 0 aliphatic heterocycles. The van der Waals surface area contributed by atoms with Gasteiger partial charge in [0.2, 0.25) is 0 Å². The van der Waals surface area contributed by atoms with Crippen molar-refractivity contribution < 1.29 is 0 Å². The topological polar surface area (TPSA) is 60.7 Å². The average Bonchev–Trinajstić information content (AvgIpc) is 2.48. The molecule has 0 aliphatic carbocycles. The summed E-state index contributed by atoms with van der Waals surface area (Å²) in [7, 11) is 1.84. The standard InChI is InChI=1S/C15H13ClN4/c1-10(14-7-11(18-2)5-6-15(14)16)20-13-4-3-12(8-17)19-9-13/h3-7,9,18,20H,1H2,2H3. The van der Waals surface area contributed by atoms with E-state index in [4.69, 9.17) is 16.9 Å². The summed E-state index contributed by atoms with van der Waals surface area (Å²) in [6, 6.07) is 11.0. The quantitative estimate of drug-likeness (QED) is 0.898. The van der Waals surface area contributed by atoms with Gasteiger partial charge in [0.05, 0.1) is 16.9 Å². The van der Waals surface area contributed by atoms with Gasteiger partial charge >= 0.3 is 0 Å². The largest absolute Gasteiger partial charge is 0.388 e. The second-order valence-electron chi connectivity index (χ2n) is 4.09. The molecule has 0 spiro atoms. The molecule has 4 nitrogen and oxygen atoms in total. The Bertz CT molecular complexity index is 671. The number of anilines is 2.